The number of likely N-dealkylation sites (N-methyl/N-ethyl adjacent to an activating group) is 1. The Morgan fingerprint density at radius 1 is 1.20 bits per heavy atom. The first-order valence-electron chi connectivity index (χ1n) is 10.6. The molecule has 1 unspecified atom stereocenters. The Bertz CT molecular complexity index is 1260. The van der Waals surface area contributed by atoms with E-state index >= 15 is 0 Å². The number of amides is 3. The van der Waals surface area contributed by atoms with Gasteiger partial charge in [0, 0.05) is 18.8 Å². The monoisotopic (exact) mass is 485 g/mol. The zero-order valence-electron chi connectivity index (χ0n) is 18.5. The molecule has 11 nitrogen and oxygen atoms in total. The number of aliphatic hydroxyl groups is 3. The van der Waals surface area contributed by atoms with Gasteiger partial charge in [0.1, 0.15) is 5.82 Å². The molecule has 1 aromatic carbocycles. The van der Waals surface area contributed by atoms with Gasteiger partial charge in [0.25, 0.3) is 23.3 Å². The van der Waals surface area contributed by atoms with Crippen molar-refractivity contribution in [1.82, 2.24) is 10.6 Å². The number of carbonyl (C=O) groups is 3. The molecule has 0 aromatic heterocycles. The maximum absolute atomic E-state index is 13.3. The average molecular weight is 485 g/mol. The van der Waals surface area contributed by atoms with Crippen LogP contribution in [0.25, 0.3) is 0 Å². The molecular formula is C23H22FN4O7+. The van der Waals surface area contributed by atoms with Crippen LogP contribution in [0.5, 0.6) is 0 Å². The molecular weight excluding hydrogens is 463 g/mol. The molecule has 3 heterocycles. The third kappa shape index (κ3) is 4.36. The maximum atomic E-state index is 13.3. The Morgan fingerprint density at radius 2 is 1.89 bits per heavy atom. The number of carbonyl (C=O) groups excluding carboxylic acids is 3. The van der Waals surface area contributed by atoms with E-state index in [4.69, 9.17) is 4.74 Å². The van der Waals surface area contributed by atoms with Gasteiger partial charge in [-0.15, -0.1) is 4.58 Å². The van der Waals surface area contributed by atoms with E-state index in [2.05, 4.69) is 15.6 Å². The molecule has 1 atom stereocenters. The van der Waals surface area contributed by atoms with Gasteiger partial charge in [-0.1, -0.05) is 12.1 Å². The molecule has 0 aliphatic carbocycles. The van der Waals surface area contributed by atoms with Crippen molar-refractivity contribution in [1.29, 1.82) is 0 Å². The van der Waals surface area contributed by atoms with Gasteiger partial charge in [0.2, 0.25) is 12.3 Å². The number of allylic oxidation sites excluding steroid dienone is 1. The van der Waals surface area contributed by atoms with Gasteiger partial charge >= 0.3 is 5.91 Å². The SMILES string of the molecule is CNC(=O)C1=C(O)C2=NC=C(Cc3ccc(F)cc3)C3OC(C(=O)NC(CO)CO)=C[N+](=C23)C1=O. The quantitative estimate of drug-likeness (QED) is 0.244. The molecule has 12 heteroatoms. The summed E-state index contributed by atoms with van der Waals surface area (Å²) < 4.78 is 20.3. The van der Waals surface area contributed by atoms with E-state index in [9.17, 15) is 34.1 Å². The van der Waals surface area contributed by atoms with Gasteiger partial charge in [-0.05, 0) is 24.1 Å². The Hall–Kier alpha value is -4.16. The van der Waals surface area contributed by atoms with E-state index in [-0.39, 0.29) is 23.6 Å². The smallest absolute Gasteiger partial charge is 0.434 e. The van der Waals surface area contributed by atoms with Crippen LogP contribution in [-0.2, 0) is 25.5 Å². The van der Waals surface area contributed by atoms with Crippen molar-refractivity contribution >= 4 is 29.1 Å². The lowest BCUT2D eigenvalue weighted by molar-refractivity contribution is -0.385. The van der Waals surface area contributed by atoms with Crippen molar-refractivity contribution < 1.29 is 43.4 Å². The molecule has 0 fully saturated rings. The van der Waals surface area contributed by atoms with E-state index in [1.807, 2.05) is 0 Å². The van der Waals surface area contributed by atoms with Gasteiger partial charge < -0.3 is 30.7 Å². The summed E-state index contributed by atoms with van der Waals surface area (Å²) in [5, 5.41) is 33.9. The van der Waals surface area contributed by atoms with Crippen LogP contribution in [0.4, 0.5) is 4.39 Å². The van der Waals surface area contributed by atoms with Crippen LogP contribution < -0.4 is 10.6 Å². The summed E-state index contributed by atoms with van der Waals surface area (Å²) in [6.45, 7) is -1.08. The number of aliphatic imine (C=N–C) groups is 1. The van der Waals surface area contributed by atoms with Crippen LogP contribution in [0, 0.1) is 5.82 Å². The maximum Gasteiger partial charge on any atom is 0.434 e. The molecule has 0 saturated carbocycles. The number of benzene rings is 1. The molecule has 3 amide bonds. The molecule has 0 spiro atoms. The zero-order valence-corrected chi connectivity index (χ0v) is 18.5. The van der Waals surface area contributed by atoms with E-state index in [0.29, 0.717) is 11.1 Å². The third-order valence-corrected chi connectivity index (χ3v) is 5.61. The molecule has 3 aliphatic rings. The lowest BCUT2D eigenvalue weighted by Gasteiger charge is -2.30. The van der Waals surface area contributed by atoms with E-state index in [1.165, 1.54) is 25.4 Å². The second kappa shape index (κ2) is 9.60. The van der Waals surface area contributed by atoms with Crippen molar-refractivity contribution in [3.8, 4) is 0 Å². The van der Waals surface area contributed by atoms with Crippen LogP contribution in [-0.4, -0.2) is 81.4 Å². The summed E-state index contributed by atoms with van der Waals surface area (Å²) >= 11 is 0. The molecule has 0 bridgehead atoms. The second-order valence-electron chi connectivity index (χ2n) is 7.87. The number of ether oxygens (including phenoxy) is 1. The van der Waals surface area contributed by atoms with Crippen LogP contribution in [0.15, 0.2) is 64.3 Å². The fourth-order valence-corrected chi connectivity index (χ4v) is 3.81. The van der Waals surface area contributed by atoms with E-state index in [1.54, 1.807) is 12.1 Å². The number of nitrogens with one attached hydrogen (secondary N) is 2. The lowest BCUT2D eigenvalue weighted by Crippen LogP contribution is -2.52. The van der Waals surface area contributed by atoms with Crippen molar-refractivity contribution in [3.05, 3.63) is 70.7 Å². The van der Waals surface area contributed by atoms with Crippen molar-refractivity contribution in [3.63, 3.8) is 0 Å². The third-order valence-electron chi connectivity index (χ3n) is 5.61. The Kier molecular flexibility index (Phi) is 6.58. The van der Waals surface area contributed by atoms with Crippen molar-refractivity contribution in [2.24, 2.45) is 4.99 Å². The normalized spacial score (nSPS) is 18.9. The average Bonchev–Trinajstić information content (AvgIpc) is 2.87. The van der Waals surface area contributed by atoms with Gasteiger partial charge in [0.15, 0.2) is 17.0 Å². The summed E-state index contributed by atoms with van der Waals surface area (Å²) in [4.78, 5) is 42.6. The second-order valence-corrected chi connectivity index (χ2v) is 7.87. The summed E-state index contributed by atoms with van der Waals surface area (Å²) in [6.07, 6.45) is 1.60. The first-order chi connectivity index (χ1) is 16.8. The molecule has 182 valence electrons. The fraction of sp³-hybridized carbons (Fsp3) is 0.261. The van der Waals surface area contributed by atoms with E-state index < -0.39 is 60.2 Å². The molecule has 5 N–H and O–H groups in total. The molecule has 0 radical (unpaired) electrons. The molecule has 0 saturated heterocycles. The number of hydrogen-bond donors (Lipinski definition) is 5. The minimum atomic E-state index is -1.06. The first kappa shape index (κ1) is 24.0. The molecule has 4 rings (SSSR count). The highest BCUT2D eigenvalue weighted by molar-refractivity contribution is 6.52. The van der Waals surface area contributed by atoms with Gasteiger partial charge in [-0.25, -0.2) is 14.2 Å². The van der Waals surface area contributed by atoms with Gasteiger partial charge in [-0.2, -0.15) is 0 Å². The highest BCUT2D eigenvalue weighted by Crippen LogP contribution is 2.30. The lowest BCUT2D eigenvalue weighted by atomic mass is 9.89. The molecule has 35 heavy (non-hydrogen) atoms. The van der Waals surface area contributed by atoms with Crippen LogP contribution >= 0.6 is 0 Å². The number of nitrogens with zero attached hydrogens (tertiary/aromatic N) is 2. The Labute approximate surface area is 198 Å². The minimum Gasteiger partial charge on any atom is -0.504 e. The predicted molar refractivity (Wildman–Crippen MR) is 119 cm³/mol. The van der Waals surface area contributed by atoms with E-state index in [0.717, 1.165) is 10.8 Å². The predicted octanol–water partition coefficient (Wildman–Crippen LogP) is -1.03. The highest BCUT2D eigenvalue weighted by atomic mass is 19.1. The molecule has 1 aromatic rings. The molecule has 3 aliphatic heterocycles. The van der Waals surface area contributed by atoms with Crippen LogP contribution in [0.2, 0.25) is 0 Å². The summed E-state index contributed by atoms with van der Waals surface area (Å²) in [7, 11) is 1.29. The fourth-order valence-electron chi connectivity index (χ4n) is 3.81. The number of halogens is 1. The van der Waals surface area contributed by atoms with Gasteiger partial charge in [-0.3, -0.25) is 9.59 Å². The number of rotatable bonds is 7. The Balaban J connectivity index is 1.80. The van der Waals surface area contributed by atoms with Crippen LogP contribution in [0.3, 0.4) is 0 Å². The van der Waals surface area contributed by atoms with Crippen molar-refractivity contribution in [2.45, 2.75) is 18.6 Å². The summed E-state index contributed by atoms with van der Waals surface area (Å²) in [6, 6.07) is 4.71. The van der Waals surface area contributed by atoms with Crippen LogP contribution in [0.1, 0.15) is 5.56 Å². The Morgan fingerprint density at radius 3 is 2.51 bits per heavy atom. The number of hydrogen-bond acceptors (Lipinski definition) is 8. The number of aliphatic hydroxyl groups excluding tert-OH is 3. The highest BCUT2D eigenvalue weighted by Gasteiger charge is 2.52. The minimum absolute atomic E-state index is 0.0737. The standard InChI is InChI=1S/C23H21FN4O7/c1-25-22(33)16-19(31)17-18-20(12(7-26-17)6-11-2-4-13(24)5-3-11)35-15(8-28(18)23(16)34)21(32)27-14(9-29)10-30/h2-5,7-8,14,20,29-30H,6,9-10H2,1H3,(H2-,25,27,31,32,33,34)/p+1. The van der Waals surface area contributed by atoms with Gasteiger partial charge in [0.05, 0.1) is 19.3 Å². The van der Waals surface area contributed by atoms with Crippen molar-refractivity contribution in [2.75, 3.05) is 20.3 Å². The largest absolute Gasteiger partial charge is 0.504 e. The summed E-state index contributed by atoms with van der Waals surface area (Å²) in [5.74, 6) is -3.96. The summed E-state index contributed by atoms with van der Waals surface area (Å²) in [5.41, 5.74) is 0.656. The zero-order chi connectivity index (χ0) is 25.3. The first-order valence-corrected chi connectivity index (χ1v) is 10.6. The topological polar surface area (TPSA) is 161 Å².